The summed E-state index contributed by atoms with van der Waals surface area (Å²) in [6, 6.07) is 13.0. The quantitative estimate of drug-likeness (QED) is 0.491. The minimum absolute atomic E-state index is 0.0154. The highest BCUT2D eigenvalue weighted by Crippen LogP contribution is 2.20. The molecular weight excluding hydrogens is 402 g/mol. The molecule has 0 saturated heterocycles. The van der Waals surface area contributed by atoms with Gasteiger partial charge in [-0.1, -0.05) is 36.6 Å². The molecule has 0 aliphatic heterocycles. The van der Waals surface area contributed by atoms with Crippen LogP contribution in [0.5, 0.6) is 0 Å². The molecule has 7 nitrogen and oxygen atoms in total. The van der Waals surface area contributed by atoms with E-state index in [1.807, 2.05) is 44.2 Å². The molecule has 1 amide bonds. The summed E-state index contributed by atoms with van der Waals surface area (Å²) in [7, 11) is 0. The van der Waals surface area contributed by atoms with Gasteiger partial charge in [-0.2, -0.15) is 0 Å². The molecule has 5 rings (SSSR count). The molecule has 4 aromatic rings. The summed E-state index contributed by atoms with van der Waals surface area (Å²) in [6.07, 6.45) is 5.75. The summed E-state index contributed by atoms with van der Waals surface area (Å²) < 4.78 is 3.10. The second-order valence-corrected chi connectivity index (χ2v) is 8.57. The van der Waals surface area contributed by atoms with Crippen LogP contribution in [0.1, 0.15) is 47.2 Å². The van der Waals surface area contributed by atoms with Gasteiger partial charge < -0.3 is 5.32 Å². The first-order valence-electron chi connectivity index (χ1n) is 10.9. The summed E-state index contributed by atoms with van der Waals surface area (Å²) in [5.41, 5.74) is 3.46. The van der Waals surface area contributed by atoms with E-state index in [1.54, 1.807) is 16.8 Å². The monoisotopic (exact) mass is 427 g/mol. The zero-order chi connectivity index (χ0) is 22.4. The maximum Gasteiger partial charge on any atom is 0.267 e. The molecule has 1 aliphatic rings. The van der Waals surface area contributed by atoms with Crippen molar-refractivity contribution in [2.24, 2.45) is 0 Å². The predicted molar refractivity (Wildman–Crippen MR) is 123 cm³/mol. The van der Waals surface area contributed by atoms with Gasteiger partial charge in [-0.25, -0.2) is 4.98 Å². The number of rotatable bonds is 3. The minimum Gasteiger partial charge on any atom is -0.349 e. The van der Waals surface area contributed by atoms with Crippen molar-refractivity contribution < 1.29 is 4.79 Å². The second kappa shape index (κ2) is 7.75. The molecular formula is C25H25N5O2. The summed E-state index contributed by atoms with van der Waals surface area (Å²) >= 11 is 0. The molecule has 32 heavy (non-hydrogen) atoms. The van der Waals surface area contributed by atoms with Gasteiger partial charge in [0.15, 0.2) is 5.65 Å². The van der Waals surface area contributed by atoms with Crippen molar-refractivity contribution in [3.05, 3.63) is 81.2 Å². The third-order valence-corrected chi connectivity index (χ3v) is 6.27. The lowest BCUT2D eigenvalue weighted by molar-refractivity contribution is 0.0935. The van der Waals surface area contributed by atoms with Crippen LogP contribution in [0.3, 0.4) is 0 Å². The summed E-state index contributed by atoms with van der Waals surface area (Å²) in [5, 5.41) is 12.3. The van der Waals surface area contributed by atoms with Gasteiger partial charge >= 0.3 is 0 Å². The smallest absolute Gasteiger partial charge is 0.267 e. The Morgan fingerprint density at radius 3 is 2.53 bits per heavy atom. The van der Waals surface area contributed by atoms with Crippen LogP contribution in [0.15, 0.2) is 53.5 Å². The number of amides is 1. The largest absolute Gasteiger partial charge is 0.349 e. The third kappa shape index (κ3) is 3.30. The molecule has 2 N–H and O–H groups in total. The first-order chi connectivity index (χ1) is 15.4. The molecule has 3 aromatic heterocycles. The molecule has 0 atom stereocenters. The van der Waals surface area contributed by atoms with Crippen LogP contribution in [-0.4, -0.2) is 25.9 Å². The molecule has 0 spiro atoms. The average molecular weight is 428 g/mol. The number of carbonyl (C=O) groups excluding carboxylic acids is 1. The molecule has 7 heteroatoms. The molecule has 0 bridgehead atoms. The lowest BCUT2D eigenvalue weighted by Gasteiger charge is -2.17. The van der Waals surface area contributed by atoms with Crippen molar-refractivity contribution in [3.8, 4) is 5.69 Å². The van der Waals surface area contributed by atoms with Crippen LogP contribution in [0.2, 0.25) is 0 Å². The number of hydrogen-bond donors (Lipinski definition) is 2. The number of nitrogens with zero attached hydrogens (tertiary/aromatic N) is 3. The van der Waals surface area contributed by atoms with Crippen molar-refractivity contribution in [1.29, 1.82) is 5.41 Å². The van der Waals surface area contributed by atoms with E-state index in [9.17, 15) is 9.59 Å². The van der Waals surface area contributed by atoms with Gasteiger partial charge in [0.05, 0.1) is 10.9 Å². The number of aromatic nitrogens is 3. The van der Waals surface area contributed by atoms with Gasteiger partial charge in [0, 0.05) is 17.9 Å². The number of hydrogen-bond acceptors (Lipinski definition) is 4. The second-order valence-electron chi connectivity index (χ2n) is 8.57. The van der Waals surface area contributed by atoms with Crippen molar-refractivity contribution >= 4 is 22.6 Å². The topological polar surface area (TPSA) is 92.2 Å². The lowest BCUT2D eigenvalue weighted by Crippen LogP contribution is -2.38. The number of nitrogens with one attached hydrogen (secondary N) is 2. The van der Waals surface area contributed by atoms with Crippen LogP contribution in [0.4, 0.5) is 0 Å². The molecule has 1 fully saturated rings. The third-order valence-electron chi connectivity index (χ3n) is 6.27. The van der Waals surface area contributed by atoms with E-state index in [-0.39, 0.29) is 28.6 Å². The molecule has 0 unspecified atom stereocenters. The Hall–Kier alpha value is -3.74. The first kappa shape index (κ1) is 20.2. The van der Waals surface area contributed by atoms with Crippen LogP contribution < -0.4 is 16.4 Å². The normalized spacial score (nSPS) is 14.3. The fourth-order valence-corrected chi connectivity index (χ4v) is 4.49. The van der Waals surface area contributed by atoms with E-state index < -0.39 is 0 Å². The average Bonchev–Trinajstić information content (AvgIpc) is 3.28. The predicted octanol–water partition coefficient (Wildman–Crippen LogP) is 3.41. The zero-order valence-electron chi connectivity index (χ0n) is 18.2. The van der Waals surface area contributed by atoms with E-state index >= 15 is 0 Å². The summed E-state index contributed by atoms with van der Waals surface area (Å²) in [5.74, 6) is -0.321. The maximum absolute atomic E-state index is 13.4. The number of pyridine rings is 2. The van der Waals surface area contributed by atoms with Crippen LogP contribution in [0.25, 0.3) is 22.4 Å². The minimum atomic E-state index is -0.321. The molecule has 162 valence electrons. The van der Waals surface area contributed by atoms with E-state index in [0.717, 1.165) is 36.8 Å². The van der Waals surface area contributed by atoms with Crippen LogP contribution in [0, 0.1) is 19.3 Å². The van der Waals surface area contributed by atoms with E-state index in [0.29, 0.717) is 22.4 Å². The lowest BCUT2D eigenvalue weighted by atomic mass is 10.1. The number of fused-ring (bicyclic) bond motifs is 2. The van der Waals surface area contributed by atoms with Crippen molar-refractivity contribution in [2.75, 3.05) is 0 Å². The van der Waals surface area contributed by atoms with E-state index in [4.69, 9.17) is 10.4 Å². The van der Waals surface area contributed by atoms with Crippen LogP contribution >= 0.6 is 0 Å². The first-order valence-corrected chi connectivity index (χ1v) is 10.9. The Labute approximate surface area is 184 Å². The highest BCUT2D eigenvalue weighted by molar-refractivity contribution is 5.97. The van der Waals surface area contributed by atoms with E-state index in [1.165, 1.54) is 10.5 Å². The van der Waals surface area contributed by atoms with Gasteiger partial charge in [-0.05, 0) is 56.5 Å². The fourth-order valence-electron chi connectivity index (χ4n) is 4.49. The number of benzene rings is 1. The van der Waals surface area contributed by atoms with E-state index in [2.05, 4.69) is 5.32 Å². The fraction of sp³-hybridized carbons (Fsp3) is 0.280. The van der Waals surface area contributed by atoms with Crippen molar-refractivity contribution in [2.45, 2.75) is 45.6 Å². The summed E-state index contributed by atoms with van der Waals surface area (Å²) in [4.78, 5) is 31.4. The Morgan fingerprint density at radius 1 is 1.09 bits per heavy atom. The summed E-state index contributed by atoms with van der Waals surface area (Å²) in [6.45, 7) is 3.88. The Morgan fingerprint density at radius 2 is 1.81 bits per heavy atom. The molecule has 1 aromatic carbocycles. The Kier molecular flexibility index (Phi) is 4.89. The van der Waals surface area contributed by atoms with Gasteiger partial charge in [-0.3, -0.25) is 24.0 Å². The molecule has 1 saturated carbocycles. The standard InChI is InChI=1S/C25H25N5O2/c1-15-9-11-18(12-10-15)30-21(26)19(24(31)27-17-7-3-4-8-17)14-20-23(30)28-22-16(2)6-5-13-29(22)25(20)32/h5-6,9-14,17,26H,3-4,7-8H2,1-2H3,(H,27,31). The van der Waals surface area contributed by atoms with Crippen molar-refractivity contribution in [3.63, 3.8) is 0 Å². The van der Waals surface area contributed by atoms with Gasteiger partial charge in [0.25, 0.3) is 11.5 Å². The Bertz CT molecular complexity index is 1480. The van der Waals surface area contributed by atoms with Crippen LogP contribution in [-0.2, 0) is 0 Å². The number of carbonyl (C=O) groups is 1. The number of aryl methyl sites for hydroxylation is 2. The van der Waals surface area contributed by atoms with Crippen molar-refractivity contribution in [1.82, 2.24) is 19.3 Å². The van der Waals surface area contributed by atoms with Gasteiger partial charge in [0.1, 0.15) is 11.1 Å². The SMILES string of the molecule is Cc1ccc(-n2c(=N)c(C(=O)NC3CCCC3)cc3c(=O)n4cccc(C)c4nc32)cc1. The highest BCUT2D eigenvalue weighted by atomic mass is 16.2. The maximum atomic E-state index is 13.4. The molecule has 1 aliphatic carbocycles. The Balaban J connectivity index is 1.83. The van der Waals surface area contributed by atoms with Gasteiger partial charge in [-0.15, -0.1) is 0 Å². The molecule has 0 radical (unpaired) electrons. The molecule has 3 heterocycles. The van der Waals surface area contributed by atoms with Gasteiger partial charge in [0.2, 0.25) is 0 Å². The zero-order valence-corrected chi connectivity index (χ0v) is 18.2. The highest BCUT2D eigenvalue weighted by Gasteiger charge is 2.22.